The maximum absolute atomic E-state index is 11.6. The molecule has 1 rings (SSSR count). The zero-order chi connectivity index (χ0) is 14.4. The molecule has 1 fully saturated rings. The van der Waals surface area contributed by atoms with Gasteiger partial charge in [-0.2, -0.15) is 0 Å². The Bertz CT molecular complexity index is 356. The molecule has 0 saturated carbocycles. The van der Waals surface area contributed by atoms with Crippen molar-refractivity contribution in [2.45, 2.75) is 52.6 Å². The lowest BCUT2D eigenvalue weighted by Crippen LogP contribution is -2.40. The number of nitrogens with one attached hydrogen (secondary N) is 1. The molecule has 2 atom stereocenters. The van der Waals surface area contributed by atoms with Crippen molar-refractivity contribution in [3.63, 3.8) is 0 Å². The van der Waals surface area contributed by atoms with E-state index < -0.39 is 9.84 Å². The monoisotopic (exact) mass is 291 g/mol. The standard InChI is InChI=1S/C14H29NO3S/c1-4-9-15-12-14(8-10-18-13(14)3)7-6-11-19(16,17)5-2/h13,15H,4-12H2,1-3H3. The quantitative estimate of drug-likeness (QED) is 0.660. The SMILES string of the molecule is CCCNCC1(CCCS(=O)(=O)CC)CCOC1C. The lowest BCUT2D eigenvalue weighted by atomic mass is 9.77. The van der Waals surface area contributed by atoms with Crippen LogP contribution in [0.3, 0.4) is 0 Å². The molecule has 4 nitrogen and oxygen atoms in total. The molecule has 1 aliphatic rings. The fraction of sp³-hybridized carbons (Fsp3) is 1.00. The molecule has 1 N–H and O–H groups in total. The number of ether oxygens (including phenoxy) is 1. The van der Waals surface area contributed by atoms with Crippen molar-refractivity contribution >= 4 is 9.84 Å². The molecule has 114 valence electrons. The Morgan fingerprint density at radius 2 is 2.11 bits per heavy atom. The zero-order valence-corrected chi connectivity index (χ0v) is 13.4. The van der Waals surface area contributed by atoms with E-state index in [9.17, 15) is 8.42 Å². The number of sulfone groups is 1. The third-order valence-corrected chi connectivity index (χ3v) is 6.09. The molecule has 0 amide bonds. The normalized spacial score (nSPS) is 27.8. The van der Waals surface area contributed by atoms with Crippen molar-refractivity contribution in [2.24, 2.45) is 5.41 Å². The summed E-state index contributed by atoms with van der Waals surface area (Å²) in [5, 5.41) is 3.48. The second kappa shape index (κ2) is 7.60. The molecule has 0 aliphatic carbocycles. The Kier molecular flexibility index (Phi) is 6.77. The largest absolute Gasteiger partial charge is 0.378 e. The van der Waals surface area contributed by atoms with Gasteiger partial charge in [0.15, 0.2) is 0 Å². The lowest BCUT2D eigenvalue weighted by Gasteiger charge is -2.32. The topological polar surface area (TPSA) is 55.4 Å². The van der Waals surface area contributed by atoms with Gasteiger partial charge in [-0.1, -0.05) is 13.8 Å². The molecule has 5 heteroatoms. The van der Waals surface area contributed by atoms with Crippen LogP contribution in [-0.4, -0.2) is 45.7 Å². The lowest BCUT2D eigenvalue weighted by molar-refractivity contribution is 0.0582. The van der Waals surface area contributed by atoms with E-state index in [2.05, 4.69) is 19.2 Å². The van der Waals surface area contributed by atoms with Crippen LogP contribution in [0.25, 0.3) is 0 Å². The molecule has 0 spiro atoms. The first kappa shape index (κ1) is 16.9. The first-order valence-corrected chi connectivity index (χ1v) is 9.30. The summed E-state index contributed by atoms with van der Waals surface area (Å²) in [6, 6.07) is 0. The molecular weight excluding hydrogens is 262 g/mol. The Hall–Kier alpha value is -0.130. The van der Waals surface area contributed by atoms with Gasteiger partial charge in [-0.3, -0.25) is 0 Å². The van der Waals surface area contributed by atoms with Crippen molar-refractivity contribution in [1.29, 1.82) is 0 Å². The first-order valence-electron chi connectivity index (χ1n) is 7.48. The second-order valence-corrected chi connectivity index (χ2v) is 8.11. The van der Waals surface area contributed by atoms with Gasteiger partial charge in [0.2, 0.25) is 0 Å². The minimum atomic E-state index is -2.84. The molecule has 0 bridgehead atoms. The summed E-state index contributed by atoms with van der Waals surface area (Å²) < 4.78 is 28.9. The van der Waals surface area contributed by atoms with Gasteiger partial charge < -0.3 is 10.1 Å². The van der Waals surface area contributed by atoms with Crippen LogP contribution in [0.15, 0.2) is 0 Å². The minimum absolute atomic E-state index is 0.123. The third kappa shape index (κ3) is 5.04. The Morgan fingerprint density at radius 3 is 2.63 bits per heavy atom. The number of rotatable bonds is 9. The molecule has 0 aromatic rings. The highest BCUT2D eigenvalue weighted by Crippen LogP contribution is 2.38. The highest BCUT2D eigenvalue weighted by atomic mass is 32.2. The Morgan fingerprint density at radius 1 is 1.37 bits per heavy atom. The highest BCUT2D eigenvalue weighted by molar-refractivity contribution is 7.91. The molecule has 0 radical (unpaired) electrons. The predicted octanol–water partition coefficient (Wildman–Crippen LogP) is 2.00. The average Bonchev–Trinajstić information content (AvgIpc) is 2.72. The van der Waals surface area contributed by atoms with E-state index in [0.717, 1.165) is 45.4 Å². The van der Waals surface area contributed by atoms with Crippen molar-refractivity contribution < 1.29 is 13.2 Å². The molecule has 19 heavy (non-hydrogen) atoms. The van der Waals surface area contributed by atoms with Gasteiger partial charge >= 0.3 is 0 Å². The van der Waals surface area contributed by atoms with E-state index in [4.69, 9.17) is 4.74 Å². The van der Waals surface area contributed by atoms with Gasteiger partial charge in [0.05, 0.1) is 11.9 Å². The van der Waals surface area contributed by atoms with Crippen LogP contribution in [0.1, 0.15) is 46.5 Å². The van der Waals surface area contributed by atoms with E-state index in [1.54, 1.807) is 6.92 Å². The molecule has 1 aliphatic heterocycles. The summed E-state index contributed by atoms with van der Waals surface area (Å²) in [5.41, 5.74) is 0.123. The smallest absolute Gasteiger partial charge is 0.150 e. The first-order chi connectivity index (χ1) is 8.96. The maximum atomic E-state index is 11.6. The van der Waals surface area contributed by atoms with Crippen LogP contribution >= 0.6 is 0 Å². The average molecular weight is 291 g/mol. The molecule has 2 unspecified atom stereocenters. The van der Waals surface area contributed by atoms with E-state index in [-0.39, 0.29) is 17.3 Å². The van der Waals surface area contributed by atoms with Gasteiger partial charge in [0.25, 0.3) is 0 Å². The van der Waals surface area contributed by atoms with Crippen LogP contribution in [-0.2, 0) is 14.6 Å². The molecule has 0 aromatic carbocycles. The minimum Gasteiger partial charge on any atom is -0.378 e. The number of hydrogen-bond donors (Lipinski definition) is 1. The summed E-state index contributed by atoms with van der Waals surface area (Å²) in [4.78, 5) is 0. The van der Waals surface area contributed by atoms with Gasteiger partial charge in [0, 0.05) is 24.3 Å². The predicted molar refractivity (Wildman–Crippen MR) is 79.2 cm³/mol. The van der Waals surface area contributed by atoms with Crippen molar-refractivity contribution in [3.05, 3.63) is 0 Å². The van der Waals surface area contributed by atoms with Crippen LogP contribution in [0, 0.1) is 5.41 Å². The van der Waals surface area contributed by atoms with Gasteiger partial charge in [-0.05, 0) is 39.2 Å². The van der Waals surface area contributed by atoms with Gasteiger partial charge in [-0.15, -0.1) is 0 Å². The van der Waals surface area contributed by atoms with E-state index in [0.29, 0.717) is 5.75 Å². The Balaban J connectivity index is 2.51. The fourth-order valence-corrected chi connectivity index (χ4v) is 3.64. The highest BCUT2D eigenvalue weighted by Gasteiger charge is 2.40. The molecular formula is C14H29NO3S. The van der Waals surface area contributed by atoms with Crippen LogP contribution in [0.5, 0.6) is 0 Å². The fourth-order valence-electron chi connectivity index (χ4n) is 2.77. The third-order valence-electron chi connectivity index (χ3n) is 4.30. The summed E-state index contributed by atoms with van der Waals surface area (Å²) in [5.74, 6) is 0.561. The van der Waals surface area contributed by atoms with E-state index in [1.165, 1.54) is 0 Å². The van der Waals surface area contributed by atoms with Crippen LogP contribution in [0.2, 0.25) is 0 Å². The van der Waals surface area contributed by atoms with E-state index >= 15 is 0 Å². The van der Waals surface area contributed by atoms with Crippen molar-refractivity contribution in [1.82, 2.24) is 5.32 Å². The Labute approximate surface area is 118 Å². The van der Waals surface area contributed by atoms with Crippen molar-refractivity contribution in [3.8, 4) is 0 Å². The summed E-state index contributed by atoms with van der Waals surface area (Å²) in [6.45, 7) is 8.75. The molecule has 1 saturated heterocycles. The second-order valence-electron chi connectivity index (χ2n) is 5.64. The van der Waals surface area contributed by atoms with Crippen LogP contribution < -0.4 is 5.32 Å². The van der Waals surface area contributed by atoms with Gasteiger partial charge in [-0.25, -0.2) is 8.42 Å². The summed E-state index contributed by atoms with van der Waals surface area (Å²) >= 11 is 0. The molecule has 1 heterocycles. The zero-order valence-electron chi connectivity index (χ0n) is 12.6. The van der Waals surface area contributed by atoms with Gasteiger partial charge in [0.1, 0.15) is 9.84 Å². The summed E-state index contributed by atoms with van der Waals surface area (Å²) in [6.07, 6.45) is 4.06. The number of hydrogen-bond acceptors (Lipinski definition) is 4. The van der Waals surface area contributed by atoms with Crippen molar-refractivity contribution in [2.75, 3.05) is 31.2 Å². The maximum Gasteiger partial charge on any atom is 0.150 e. The summed E-state index contributed by atoms with van der Waals surface area (Å²) in [7, 11) is -2.84. The van der Waals surface area contributed by atoms with Crippen LogP contribution in [0.4, 0.5) is 0 Å². The van der Waals surface area contributed by atoms with E-state index in [1.807, 2.05) is 0 Å². The molecule has 0 aromatic heterocycles.